The average molecular weight is 303 g/mol. The summed E-state index contributed by atoms with van der Waals surface area (Å²) in [4.78, 5) is 11.0. The van der Waals surface area contributed by atoms with Crippen molar-refractivity contribution in [3.8, 4) is 0 Å². The number of carbonyl (C=O) groups is 1. The number of hydrogen-bond acceptors (Lipinski definition) is 5. The molecule has 0 unspecified atom stereocenters. The van der Waals surface area contributed by atoms with E-state index in [1.54, 1.807) is 0 Å². The van der Waals surface area contributed by atoms with Gasteiger partial charge in [0.1, 0.15) is 22.0 Å². The molecule has 1 aliphatic rings. The number of rotatable bonds is 4. The zero-order chi connectivity index (χ0) is 15.1. The molecule has 1 aromatic heterocycles. The topological polar surface area (TPSA) is 108 Å². The fourth-order valence-electron chi connectivity index (χ4n) is 2.65. The van der Waals surface area contributed by atoms with Gasteiger partial charge in [-0.15, -0.1) is 0 Å². The molecular formula is C12H17NO6S. The fourth-order valence-corrected chi connectivity index (χ4v) is 4.71. The Hall–Kier alpha value is -1.38. The monoisotopic (exact) mass is 303 g/mol. The van der Waals surface area contributed by atoms with Crippen LogP contribution in [0.5, 0.6) is 0 Å². The molecule has 1 fully saturated rings. The summed E-state index contributed by atoms with van der Waals surface area (Å²) in [7, 11) is -3.99. The van der Waals surface area contributed by atoms with Gasteiger partial charge < -0.3 is 14.6 Å². The lowest BCUT2D eigenvalue weighted by atomic mass is 10.2. The second-order valence-corrected chi connectivity index (χ2v) is 6.65. The second kappa shape index (κ2) is 5.19. The van der Waals surface area contributed by atoms with Gasteiger partial charge in [-0.3, -0.25) is 0 Å². The highest BCUT2D eigenvalue weighted by Gasteiger charge is 2.40. The highest BCUT2D eigenvalue weighted by Crippen LogP contribution is 2.32. The molecule has 0 saturated carbocycles. The molecule has 2 rings (SSSR count). The molecule has 20 heavy (non-hydrogen) atoms. The molecule has 0 amide bonds. The highest BCUT2D eigenvalue weighted by molar-refractivity contribution is 7.89. The van der Waals surface area contributed by atoms with Crippen molar-refractivity contribution in [2.24, 2.45) is 0 Å². The van der Waals surface area contributed by atoms with Gasteiger partial charge in [-0.2, -0.15) is 4.31 Å². The van der Waals surface area contributed by atoms with Crippen LogP contribution in [0.1, 0.15) is 34.7 Å². The van der Waals surface area contributed by atoms with Crippen LogP contribution in [0.3, 0.4) is 0 Å². The largest absolute Gasteiger partial charge is 0.478 e. The summed E-state index contributed by atoms with van der Waals surface area (Å²) in [6, 6.07) is -0.503. The van der Waals surface area contributed by atoms with Crippen molar-refractivity contribution in [2.75, 3.05) is 13.2 Å². The van der Waals surface area contributed by atoms with E-state index in [2.05, 4.69) is 0 Å². The Morgan fingerprint density at radius 3 is 2.60 bits per heavy atom. The number of aromatic carboxylic acids is 1. The first-order chi connectivity index (χ1) is 9.30. The first-order valence-corrected chi connectivity index (χ1v) is 7.70. The Bertz CT molecular complexity index is 633. The Balaban J connectivity index is 2.58. The van der Waals surface area contributed by atoms with Gasteiger partial charge in [0.2, 0.25) is 10.0 Å². The molecule has 0 spiro atoms. The molecule has 0 radical (unpaired) electrons. The molecule has 1 aromatic rings. The average Bonchev–Trinajstić information content (AvgIpc) is 2.93. The minimum atomic E-state index is -3.99. The standard InChI is InChI=1S/C12H17NO6S/c1-7-10(12(15)16)11(8(2)19-7)20(17,18)13-5-3-4-9(13)6-14/h9,14H,3-6H2,1-2H3,(H,15,16)/t9-/m0/s1. The summed E-state index contributed by atoms with van der Waals surface area (Å²) >= 11 is 0. The number of aliphatic hydroxyl groups excluding tert-OH is 1. The van der Waals surface area contributed by atoms with E-state index >= 15 is 0 Å². The Morgan fingerprint density at radius 1 is 1.40 bits per heavy atom. The third-order valence-corrected chi connectivity index (χ3v) is 5.63. The molecule has 0 aliphatic carbocycles. The number of carboxylic acids is 1. The number of nitrogens with zero attached hydrogens (tertiary/aromatic N) is 1. The van der Waals surface area contributed by atoms with Crippen LogP contribution in [-0.2, 0) is 10.0 Å². The van der Waals surface area contributed by atoms with Gasteiger partial charge >= 0.3 is 5.97 Å². The number of aryl methyl sites for hydroxylation is 2. The molecule has 2 N–H and O–H groups in total. The molecular weight excluding hydrogens is 286 g/mol. The van der Waals surface area contributed by atoms with Crippen LogP contribution in [0, 0.1) is 13.8 Å². The smallest absolute Gasteiger partial charge is 0.340 e. The molecule has 2 heterocycles. The molecule has 1 saturated heterocycles. The number of sulfonamides is 1. The van der Waals surface area contributed by atoms with Gasteiger partial charge in [0, 0.05) is 12.6 Å². The quantitative estimate of drug-likeness (QED) is 0.849. The van der Waals surface area contributed by atoms with E-state index in [1.807, 2.05) is 0 Å². The van der Waals surface area contributed by atoms with Crippen LogP contribution in [-0.4, -0.2) is 48.1 Å². The van der Waals surface area contributed by atoms with E-state index in [9.17, 15) is 23.4 Å². The SMILES string of the molecule is Cc1oc(C)c(S(=O)(=O)N2CCC[C@H]2CO)c1C(=O)O. The number of hydrogen-bond donors (Lipinski definition) is 2. The molecule has 112 valence electrons. The van der Waals surface area contributed by atoms with Crippen LogP contribution < -0.4 is 0 Å². The van der Waals surface area contributed by atoms with Crippen LogP contribution in [0.4, 0.5) is 0 Å². The van der Waals surface area contributed by atoms with Gasteiger partial charge in [0.15, 0.2) is 0 Å². The zero-order valence-corrected chi connectivity index (χ0v) is 12.1. The van der Waals surface area contributed by atoms with Gasteiger partial charge in [0.25, 0.3) is 0 Å². The summed E-state index contributed by atoms with van der Waals surface area (Å²) in [5, 5.41) is 18.5. The van der Waals surface area contributed by atoms with E-state index in [0.717, 1.165) is 4.31 Å². The summed E-state index contributed by atoms with van der Waals surface area (Å²) in [5.41, 5.74) is -0.328. The predicted molar refractivity (Wildman–Crippen MR) is 69.1 cm³/mol. The Labute approximate surface area is 116 Å². The van der Waals surface area contributed by atoms with Crippen molar-refractivity contribution in [3.05, 3.63) is 17.1 Å². The molecule has 7 nitrogen and oxygen atoms in total. The van der Waals surface area contributed by atoms with Crippen molar-refractivity contribution in [1.82, 2.24) is 4.31 Å². The summed E-state index contributed by atoms with van der Waals surface area (Å²) < 4.78 is 31.6. The fraction of sp³-hybridized carbons (Fsp3) is 0.583. The number of aliphatic hydroxyl groups is 1. The van der Waals surface area contributed by atoms with E-state index in [-0.39, 0.29) is 35.1 Å². The molecule has 8 heteroatoms. The van der Waals surface area contributed by atoms with Gasteiger partial charge in [-0.1, -0.05) is 0 Å². The lowest BCUT2D eigenvalue weighted by molar-refractivity contribution is 0.0691. The van der Waals surface area contributed by atoms with Crippen LogP contribution in [0.25, 0.3) is 0 Å². The summed E-state index contributed by atoms with van der Waals surface area (Å²) in [5.74, 6) is -1.21. The summed E-state index contributed by atoms with van der Waals surface area (Å²) in [6.07, 6.45) is 1.21. The number of furan rings is 1. The normalized spacial score (nSPS) is 20.4. The molecule has 1 aliphatic heterocycles. The van der Waals surface area contributed by atoms with Gasteiger partial charge in [0.05, 0.1) is 6.61 Å². The minimum absolute atomic E-state index is 0.0588. The predicted octanol–water partition coefficient (Wildman–Crippen LogP) is 0.740. The van der Waals surface area contributed by atoms with E-state index in [0.29, 0.717) is 12.8 Å². The van der Waals surface area contributed by atoms with Crippen LogP contribution >= 0.6 is 0 Å². The first-order valence-electron chi connectivity index (χ1n) is 6.26. The van der Waals surface area contributed by atoms with Crippen molar-refractivity contribution in [2.45, 2.75) is 37.6 Å². The molecule has 1 atom stereocenters. The Morgan fingerprint density at radius 2 is 2.05 bits per heavy atom. The minimum Gasteiger partial charge on any atom is -0.478 e. The van der Waals surface area contributed by atoms with Gasteiger partial charge in [-0.05, 0) is 26.7 Å². The molecule has 0 bridgehead atoms. The lowest BCUT2D eigenvalue weighted by Crippen LogP contribution is -2.38. The maximum atomic E-state index is 12.7. The van der Waals surface area contributed by atoms with Crippen molar-refractivity contribution < 1.29 is 27.8 Å². The summed E-state index contributed by atoms with van der Waals surface area (Å²) in [6.45, 7) is 2.84. The third-order valence-electron chi connectivity index (χ3n) is 3.52. The number of carboxylic acid groups (broad SMARTS) is 1. The van der Waals surface area contributed by atoms with E-state index in [4.69, 9.17) is 4.42 Å². The maximum absolute atomic E-state index is 12.7. The Kier molecular flexibility index (Phi) is 3.90. The van der Waals surface area contributed by atoms with Crippen molar-refractivity contribution in [1.29, 1.82) is 0 Å². The second-order valence-electron chi connectivity index (χ2n) is 4.82. The van der Waals surface area contributed by atoms with Crippen LogP contribution in [0.2, 0.25) is 0 Å². The zero-order valence-electron chi connectivity index (χ0n) is 11.3. The van der Waals surface area contributed by atoms with E-state index in [1.165, 1.54) is 13.8 Å². The van der Waals surface area contributed by atoms with Crippen molar-refractivity contribution >= 4 is 16.0 Å². The third kappa shape index (κ3) is 2.23. The first kappa shape index (κ1) is 15.0. The van der Waals surface area contributed by atoms with Crippen molar-refractivity contribution in [3.63, 3.8) is 0 Å². The maximum Gasteiger partial charge on any atom is 0.340 e. The highest BCUT2D eigenvalue weighted by atomic mass is 32.2. The van der Waals surface area contributed by atoms with E-state index < -0.39 is 22.0 Å². The lowest BCUT2D eigenvalue weighted by Gasteiger charge is -2.22. The van der Waals surface area contributed by atoms with Crippen LogP contribution in [0.15, 0.2) is 9.31 Å². The van der Waals surface area contributed by atoms with Gasteiger partial charge in [-0.25, -0.2) is 13.2 Å². The molecule has 0 aromatic carbocycles.